The molecule has 0 aromatic heterocycles. The van der Waals surface area contributed by atoms with E-state index in [4.69, 9.17) is 16.3 Å². The SMILES string of the molecule is O[C@H](CNC1CCCC1)COCc1ccccc1Cl. The molecule has 0 radical (unpaired) electrons. The molecule has 1 atom stereocenters. The van der Waals surface area contributed by atoms with Gasteiger partial charge in [-0.1, -0.05) is 42.6 Å². The van der Waals surface area contributed by atoms with Crippen molar-refractivity contribution in [3.63, 3.8) is 0 Å². The summed E-state index contributed by atoms with van der Waals surface area (Å²) in [5.41, 5.74) is 0.958. The second-order valence-electron chi connectivity index (χ2n) is 5.15. The zero-order chi connectivity index (χ0) is 13.5. The quantitative estimate of drug-likeness (QED) is 0.808. The highest BCUT2D eigenvalue weighted by atomic mass is 35.5. The fourth-order valence-electron chi connectivity index (χ4n) is 2.41. The van der Waals surface area contributed by atoms with Gasteiger partial charge in [0.2, 0.25) is 0 Å². The van der Waals surface area contributed by atoms with Crippen molar-refractivity contribution in [1.29, 1.82) is 0 Å². The van der Waals surface area contributed by atoms with Crippen molar-refractivity contribution in [2.45, 2.75) is 44.4 Å². The molecule has 1 aromatic rings. The first-order valence-electron chi connectivity index (χ1n) is 6.98. The average Bonchev–Trinajstić information content (AvgIpc) is 2.92. The van der Waals surface area contributed by atoms with Crippen LogP contribution in [0.4, 0.5) is 0 Å². The van der Waals surface area contributed by atoms with Crippen LogP contribution in [0.25, 0.3) is 0 Å². The van der Waals surface area contributed by atoms with Crippen molar-refractivity contribution in [2.24, 2.45) is 0 Å². The van der Waals surface area contributed by atoms with Crippen molar-refractivity contribution in [3.8, 4) is 0 Å². The predicted molar refractivity (Wildman–Crippen MR) is 77.4 cm³/mol. The number of hydrogen-bond acceptors (Lipinski definition) is 3. The summed E-state index contributed by atoms with van der Waals surface area (Å²) in [4.78, 5) is 0. The maximum absolute atomic E-state index is 9.84. The van der Waals surface area contributed by atoms with Gasteiger partial charge < -0.3 is 15.2 Å². The van der Waals surface area contributed by atoms with Crippen molar-refractivity contribution < 1.29 is 9.84 Å². The second-order valence-corrected chi connectivity index (χ2v) is 5.56. The standard InChI is InChI=1S/C15H22ClNO2/c16-15-8-4-1-5-12(15)10-19-11-14(18)9-17-13-6-2-3-7-13/h1,4-5,8,13-14,17-18H,2-3,6-7,9-11H2/t14-/m1/s1. The minimum atomic E-state index is -0.455. The van der Waals surface area contributed by atoms with Crippen LogP contribution in [-0.2, 0) is 11.3 Å². The van der Waals surface area contributed by atoms with Gasteiger partial charge in [0.15, 0.2) is 0 Å². The van der Waals surface area contributed by atoms with Gasteiger partial charge in [-0.15, -0.1) is 0 Å². The van der Waals surface area contributed by atoms with E-state index in [1.54, 1.807) is 0 Å². The van der Waals surface area contributed by atoms with E-state index in [9.17, 15) is 5.11 Å². The molecule has 0 heterocycles. The summed E-state index contributed by atoms with van der Waals surface area (Å²) in [7, 11) is 0. The highest BCUT2D eigenvalue weighted by Gasteiger charge is 2.15. The highest BCUT2D eigenvalue weighted by molar-refractivity contribution is 6.31. The van der Waals surface area contributed by atoms with Crippen LogP contribution in [0.15, 0.2) is 24.3 Å². The lowest BCUT2D eigenvalue weighted by molar-refractivity contribution is 0.0277. The number of halogens is 1. The van der Waals surface area contributed by atoms with Gasteiger partial charge in [-0.05, 0) is 24.5 Å². The molecule has 0 spiro atoms. The molecule has 1 aliphatic rings. The Morgan fingerprint density at radius 2 is 2.05 bits per heavy atom. The van der Waals surface area contributed by atoms with Crippen LogP contribution >= 0.6 is 11.6 Å². The van der Waals surface area contributed by atoms with Gasteiger partial charge in [0.25, 0.3) is 0 Å². The highest BCUT2D eigenvalue weighted by Crippen LogP contribution is 2.17. The Labute approximate surface area is 119 Å². The molecular weight excluding hydrogens is 262 g/mol. The number of aliphatic hydroxyl groups is 1. The van der Waals surface area contributed by atoms with Gasteiger partial charge in [0.1, 0.15) is 0 Å². The first kappa shape index (κ1) is 14.8. The largest absolute Gasteiger partial charge is 0.389 e. The van der Waals surface area contributed by atoms with Crippen LogP contribution in [0.2, 0.25) is 5.02 Å². The van der Waals surface area contributed by atoms with Crippen LogP contribution in [0.1, 0.15) is 31.2 Å². The van der Waals surface area contributed by atoms with Gasteiger partial charge in [0, 0.05) is 17.6 Å². The van der Waals surface area contributed by atoms with Crippen molar-refractivity contribution in [3.05, 3.63) is 34.9 Å². The summed E-state index contributed by atoms with van der Waals surface area (Å²) < 4.78 is 5.50. The maximum Gasteiger partial charge on any atom is 0.0897 e. The summed E-state index contributed by atoms with van der Waals surface area (Å²) in [6.45, 7) is 1.39. The summed E-state index contributed by atoms with van der Waals surface area (Å²) in [6, 6.07) is 8.19. The Kier molecular flexibility index (Phi) is 6.11. The molecule has 0 saturated heterocycles. The Hall–Kier alpha value is -0.610. The van der Waals surface area contributed by atoms with Gasteiger partial charge in [-0.25, -0.2) is 0 Å². The third-order valence-electron chi connectivity index (χ3n) is 3.52. The van der Waals surface area contributed by atoms with E-state index in [0.717, 1.165) is 5.56 Å². The van der Waals surface area contributed by atoms with E-state index in [0.29, 0.717) is 30.8 Å². The van der Waals surface area contributed by atoms with Crippen LogP contribution in [-0.4, -0.2) is 30.4 Å². The summed E-state index contributed by atoms with van der Waals surface area (Å²) >= 11 is 6.03. The van der Waals surface area contributed by atoms with Crippen LogP contribution < -0.4 is 5.32 Å². The molecule has 2 N–H and O–H groups in total. The van der Waals surface area contributed by atoms with Gasteiger partial charge in [0.05, 0.1) is 19.3 Å². The molecule has 19 heavy (non-hydrogen) atoms. The fraction of sp³-hybridized carbons (Fsp3) is 0.600. The molecule has 0 bridgehead atoms. The molecule has 1 aromatic carbocycles. The van der Waals surface area contributed by atoms with Crippen molar-refractivity contribution in [1.82, 2.24) is 5.32 Å². The Morgan fingerprint density at radius 3 is 2.79 bits per heavy atom. The Balaban J connectivity index is 1.61. The number of ether oxygens (including phenoxy) is 1. The molecule has 1 fully saturated rings. The van der Waals surface area contributed by atoms with Crippen LogP contribution in [0, 0.1) is 0 Å². The lowest BCUT2D eigenvalue weighted by atomic mass is 10.2. The van der Waals surface area contributed by atoms with Gasteiger partial charge >= 0.3 is 0 Å². The topological polar surface area (TPSA) is 41.5 Å². The summed E-state index contributed by atoms with van der Waals surface area (Å²) in [5.74, 6) is 0. The lowest BCUT2D eigenvalue weighted by Gasteiger charge is -2.16. The van der Waals surface area contributed by atoms with E-state index >= 15 is 0 Å². The number of aliphatic hydroxyl groups excluding tert-OH is 1. The van der Waals surface area contributed by atoms with E-state index in [1.807, 2.05) is 24.3 Å². The molecule has 3 nitrogen and oxygen atoms in total. The van der Waals surface area contributed by atoms with Crippen LogP contribution in [0.3, 0.4) is 0 Å². The smallest absolute Gasteiger partial charge is 0.0897 e. The molecule has 0 aliphatic heterocycles. The maximum atomic E-state index is 9.84. The Morgan fingerprint density at radius 1 is 1.32 bits per heavy atom. The minimum absolute atomic E-state index is 0.338. The van der Waals surface area contributed by atoms with E-state index in [2.05, 4.69) is 5.32 Å². The molecule has 0 unspecified atom stereocenters. The van der Waals surface area contributed by atoms with Crippen molar-refractivity contribution >= 4 is 11.6 Å². The van der Waals surface area contributed by atoms with Gasteiger partial charge in [-0.3, -0.25) is 0 Å². The monoisotopic (exact) mass is 283 g/mol. The number of benzene rings is 1. The van der Waals surface area contributed by atoms with E-state index in [1.165, 1.54) is 25.7 Å². The first-order chi connectivity index (χ1) is 9.25. The molecule has 106 valence electrons. The Bertz CT molecular complexity index is 380. The number of rotatable bonds is 7. The number of nitrogens with one attached hydrogen (secondary N) is 1. The molecular formula is C15H22ClNO2. The zero-order valence-electron chi connectivity index (χ0n) is 11.1. The van der Waals surface area contributed by atoms with Gasteiger partial charge in [-0.2, -0.15) is 0 Å². The van der Waals surface area contributed by atoms with Crippen molar-refractivity contribution in [2.75, 3.05) is 13.2 Å². The first-order valence-corrected chi connectivity index (χ1v) is 7.36. The molecule has 1 saturated carbocycles. The lowest BCUT2D eigenvalue weighted by Crippen LogP contribution is -2.36. The molecule has 0 amide bonds. The molecule has 1 aliphatic carbocycles. The second kappa shape index (κ2) is 7.85. The van der Waals surface area contributed by atoms with E-state index in [-0.39, 0.29) is 0 Å². The third-order valence-corrected chi connectivity index (χ3v) is 3.89. The molecule has 4 heteroatoms. The normalized spacial score (nSPS) is 17.8. The minimum Gasteiger partial charge on any atom is -0.389 e. The zero-order valence-corrected chi connectivity index (χ0v) is 11.9. The summed E-state index contributed by atoms with van der Waals surface area (Å²) in [6.07, 6.45) is 4.61. The summed E-state index contributed by atoms with van der Waals surface area (Å²) in [5, 5.41) is 13.9. The fourth-order valence-corrected chi connectivity index (χ4v) is 2.60. The van der Waals surface area contributed by atoms with E-state index < -0.39 is 6.10 Å². The predicted octanol–water partition coefficient (Wildman–Crippen LogP) is 2.75. The van der Waals surface area contributed by atoms with Crippen LogP contribution in [0.5, 0.6) is 0 Å². The average molecular weight is 284 g/mol. The molecule has 2 rings (SSSR count). The number of hydrogen-bond donors (Lipinski definition) is 2. The third kappa shape index (κ3) is 5.11.